The van der Waals surface area contributed by atoms with Gasteiger partial charge in [-0.05, 0) is 42.5 Å². The lowest BCUT2D eigenvalue weighted by Gasteiger charge is -2.05. The van der Waals surface area contributed by atoms with Crippen LogP contribution >= 0.6 is 11.3 Å². The minimum Gasteiger partial charge on any atom is -0.454 e. The summed E-state index contributed by atoms with van der Waals surface area (Å²) in [6, 6.07) is 14.4. The second kappa shape index (κ2) is 8.87. The molecule has 0 spiro atoms. The third kappa shape index (κ3) is 4.16. The summed E-state index contributed by atoms with van der Waals surface area (Å²) in [5, 5.41) is 17.7. The Labute approximate surface area is 194 Å². The van der Waals surface area contributed by atoms with Crippen molar-refractivity contribution in [2.45, 2.75) is 0 Å². The zero-order valence-corrected chi connectivity index (χ0v) is 18.0. The number of benzene rings is 3. The van der Waals surface area contributed by atoms with Gasteiger partial charge in [0.2, 0.25) is 11.6 Å². The first-order valence-corrected chi connectivity index (χ1v) is 10.8. The Morgan fingerprint density at radius 1 is 1.06 bits per heavy atom. The van der Waals surface area contributed by atoms with E-state index in [1.54, 1.807) is 23.6 Å². The Balaban J connectivity index is 1.66. The maximum atomic E-state index is 14.6. The number of nitrogens with zero attached hydrogens (tertiary/aromatic N) is 4. The lowest BCUT2D eigenvalue weighted by molar-refractivity contribution is -0.385. The molecule has 0 radical (unpaired) electrons. The van der Waals surface area contributed by atoms with Crippen LogP contribution in [0, 0.1) is 21.7 Å². The van der Waals surface area contributed by atoms with Crippen LogP contribution in [0.5, 0.6) is 11.5 Å². The molecule has 0 fully saturated rings. The Kier molecular flexibility index (Phi) is 5.60. The van der Waals surface area contributed by atoms with Crippen molar-refractivity contribution in [3.63, 3.8) is 0 Å². The Morgan fingerprint density at radius 2 is 1.79 bits per heavy atom. The number of halogens is 2. The highest BCUT2D eigenvalue weighted by Gasteiger charge is 2.22. The fraction of sp³-hybridized carbons (Fsp3) is 0.0435. The van der Waals surface area contributed by atoms with Gasteiger partial charge in [0.15, 0.2) is 11.5 Å². The van der Waals surface area contributed by atoms with E-state index in [0.717, 1.165) is 0 Å². The van der Waals surface area contributed by atoms with E-state index in [2.05, 4.69) is 10.1 Å². The van der Waals surface area contributed by atoms with Gasteiger partial charge in [-0.2, -0.15) is 5.10 Å². The minimum absolute atomic E-state index is 0.0372. The van der Waals surface area contributed by atoms with Crippen molar-refractivity contribution in [3.8, 4) is 22.8 Å². The van der Waals surface area contributed by atoms with Crippen LogP contribution in [0.1, 0.15) is 5.56 Å². The molecule has 5 rings (SSSR count). The molecule has 0 N–H and O–H groups in total. The van der Waals surface area contributed by atoms with E-state index in [1.807, 2.05) is 0 Å². The van der Waals surface area contributed by atoms with Gasteiger partial charge in [0.25, 0.3) is 5.69 Å². The topological polar surface area (TPSA) is 91.2 Å². The van der Waals surface area contributed by atoms with Crippen LogP contribution in [0.15, 0.2) is 76.1 Å². The van der Waals surface area contributed by atoms with E-state index < -0.39 is 16.6 Å². The fourth-order valence-corrected chi connectivity index (χ4v) is 4.15. The molecule has 0 aliphatic carbocycles. The molecule has 170 valence electrons. The van der Waals surface area contributed by atoms with Gasteiger partial charge in [0, 0.05) is 10.9 Å². The second-order valence-electron chi connectivity index (χ2n) is 7.05. The quantitative estimate of drug-likeness (QED) is 0.222. The van der Waals surface area contributed by atoms with Crippen LogP contribution in [0.3, 0.4) is 0 Å². The molecule has 11 heteroatoms. The highest BCUT2D eigenvalue weighted by atomic mass is 32.1. The van der Waals surface area contributed by atoms with Crippen molar-refractivity contribution < 1.29 is 23.2 Å². The maximum absolute atomic E-state index is 14.6. The van der Waals surface area contributed by atoms with Crippen molar-refractivity contribution in [1.29, 1.82) is 0 Å². The molecule has 34 heavy (non-hydrogen) atoms. The molecule has 0 saturated carbocycles. The maximum Gasteiger partial charge on any atom is 0.282 e. The SMILES string of the molecule is O=[N+]([O-])c1cc2c(cc1C=Nn1c(-c3ccccc3F)csc1=Nc1ccc(F)cc1)OCO2. The van der Waals surface area contributed by atoms with Crippen molar-refractivity contribution in [3.05, 3.63) is 98.2 Å². The molecule has 0 bridgehead atoms. The van der Waals surface area contributed by atoms with Gasteiger partial charge in [-0.3, -0.25) is 10.1 Å². The van der Waals surface area contributed by atoms with Crippen molar-refractivity contribution in [1.82, 2.24) is 4.68 Å². The summed E-state index contributed by atoms with van der Waals surface area (Å²) >= 11 is 1.19. The molecule has 0 atom stereocenters. The highest BCUT2D eigenvalue weighted by molar-refractivity contribution is 7.07. The number of rotatable bonds is 5. The van der Waals surface area contributed by atoms with Gasteiger partial charge in [-0.1, -0.05) is 12.1 Å². The standard InChI is InChI=1S/C23H14F2N4O4S/c24-15-5-7-16(8-6-15)27-23-28(20(12-34-23)17-3-1-2-4-18(17)25)26-11-14-9-21-22(33-13-32-21)10-19(14)29(30)31/h1-12H,13H2. The van der Waals surface area contributed by atoms with E-state index in [0.29, 0.717) is 21.9 Å². The van der Waals surface area contributed by atoms with Gasteiger partial charge in [0.1, 0.15) is 11.6 Å². The second-order valence-corrected chi connectivity index (χ2v) is 7.89. The Bertz CT molecular complexity index is 1500. The van der Waals surface area contributed by atoms with Crippen LogP contribution in [-0.2, 0) is 0 Å². The molecule has 8 nitrogen and oxygen atoms in total. The monoisotopic (exact) mass is 480 g/mol. The van der Waals surface area contributed by atoms with Gasteiger partial charge >= 0.3 is 0 Å². The third-order valence-electron chi connectivity index (χ3n) is 4.92. The van der Waals surface area contributed by atoms with Crippen LogP contribution in [0.25, 0.3) is 11.3 Å². The predicted octanol–water partition coefficient (Wildman–Crippen LogP) is 5.25. The van der Waals surface area contributed by atoms with Gasteiger partial charge in [-0.15, -0.1) is 11.3 Å². The molecular weight excluding hydrogens is 466 g/mol. The molecular formula is C23H14F2N4O4S. The number of nitro benzene ring substituents is 1. The zero-order chi connectivity index (χ0) is 23.7. The largest absolute Gasteiger partial charge is 0.454 e. The molecule has 3 aromatic carbocycles. The van der Waals surface area contributed by atoms with Crippen LogP contribution in [0.2, 0.25) is 0 Å². The first-order valence-electron chi connectivity index (χ1n) is 9.88. The van der Waals surface area contributed by atoms with Crippen LogP contribution in [-0.4, -0.2) is 22.6 Å². The number of fused-ring (bicyclic) bond motifs is 1. The first-order chi connectivity index (χ1) is 16.5. The predicted molar refractivity (Wildman–Crippen MR) is 122 cm³/mol. The zero-order valence-electron chi connectivity index (χ0n) is 17.2. The summed E-state index contributed by atoms with van der Waals surface area (Å²) in [6.07, 6.45) is 1.28. The minimum atomic E-state index is -0.552. The van der Waals surface area contributed by atoms with E-state index in [-0.39, 0.29) is 29.4 Å². The molecule has 0 amide bonds. The Morgan fingerprint density at radius 3 is 2.53 bits per heavy atom. The summed E-state index contributed by atoms with van der Waals surface area (Å²) in [5.74, 6) is -0.246. The van der Waals surface area contributed by atoms with E-state index in [9.17, 15) is 18.9 Å². The number of ether oxygens (including phenoxy) is 2. The summed E-state index contributed by atoms with van der Waals surface area (Å²) < 4.78 is 39.8. The average molecular weight is 480 g/mol. The van der Waals surface area contributed by atoms with E-state index >= 15 is 0 Å². The number of hydrogen-bond acceptors (Lipinski definition) is 7. The number of hydrogen-bond donors (Lipinski definition) is 0. The molecule has 1 aliphatic rings. The summed E-state index contributed by atoms with van der Waals surface area (Å²) in [4.78, 5) is 15.9. The lowest BCUT2D eigenvalue weighted by atomic mass is 10.1. The lowest BCUT2D eigenvalue weighted by Crippen LogP contribution is -2.12. The number of nitro groups is 1. The molecule has 1 aliphatic heterocycles. The molecule has 1 aromatic heterocycles. The normalized spacial score (nSPS) is 13.1. The molecule has 2 heterocycles. The van der Waals surface area contributed by atoms with Crippen LogP contribution in [0.4, 0.5) is 20.2 Å². The van der Waals surface area contributed by atoms with Crippen molar-refractivity contribution in [2.75, 3.05) is 6.79 Å². The van der Waals surface area contributed by atoms with Gasteiger partial charge in [0.05, 0.1) is 34.1 Å². The van der Waals surface area contributed by atoms with E-state index in [4.69, 9.17) is 9.47 Å². The molecule has 4 aromatic rings. The Hall–Kier alpha value is -4.38. The first kappa shape index (κ1) is 21.5. The molecule has 0 saturated heterocycles. The van der Waals surface area contributed by atoms with Gasteiger partial charge < -0.3 is 9.47 Å². The van der Waals surface area contributed by atoms with Crippen LogP contribution < -0.4 is 14.3 Å². The van der Waals surface area contributed by atoms with Crippen molar-refractivity contribution in [2.24, 2.45) is 10.1 Å². The average Bonchev–Trinajstić information content (AvgIpc) is 3.45. The summed E-state index contributed by atoms with van der Waals surface area (Å²) in [5.41, 5.74) is 1.06. The van der Waals surface area contributed by atoms with E-state index in [1.165, 1.54) is 64.7 Å². The smallest absolute Gasteiger partial charge is 0.282 e. The fourth-order valence-electron chi connectivity index (χ4n) is 3.30. The molecule has 0 unspecified atom stereocenters. The van der Waals surface area contributed by atoms with Gasteiger partial charge in [-0.25, -0.2) is 18.4 Å². The summed E-state index contributed by atoms with van der Waals surface area (Å²) in [7, 11) is 0. The highest BCUT2D eigenvalue weighted by Crippen LogP contribution is 2.37. The summed E-state index contributed by atoms with van der Waals surface area (Å²) in [6.45, 7) is -0.0372. The number of thiazole rings is 1. The van der Waals surface area contributed by atoms with Crippen molar-refractivity contribution >= 4 is 28.9 Å². The number of aromatic nitrogens is 1. The third-order valence-corrected chi connectivity index (χ3v) is 5.73.